The molecule has 10 heteroatoms. The average molecular weight is 610 g/mol. The highest BCUT2D eigenvalue weighted by molar-refractivity contribution is 8.32. The van der Waals surface area contributed by atoms with Crippen LogP contribution in [0, 0.1) is 23.7 Å². The molecule has 0 spiro atoms. The van der Waals surface area contributed by atoms with E-state index >= 15 is 0 Å². The van der Waals surface area contributed by atoms with Crippen LogP contribution < -0.4 is 10.3 Å². The molecule has 1 saturated heterocycles. The van der Waals surface area contributed by atoms with Gasteiger partial charge in [-0.15, -0.1) is 5.10 Å². The fourth-order valence-corrected chi connectivity index (χ4v) is 6.68. The van der Waals surface area contributed by atoms with Gasteiger partial charge in [-0.05, 0) is 99.1 Å². The second kappa shape index (κ2) is 14.0. The van der Waals surface area contributed by atoms with E-state index in [9.17, 15) is 14.4 Å². The summed E-state index contributed by atoms with van der Waals surface area (Å²) in [6.07, 6.45) is 10.8. The predicted molar refractivity (Wildman–Crippen MR) is 169 cm³/mol. The van der Waals surface area contributed by atoms with Crippen LogP contribution in [0.3, 0.4) is 0 Å². The second-order valence-electron chi connectivity index (χ2n) is 12.6. The summed E-state index contributed by atoms with van der Waals surface area (Å²) in [6.45, 7) is 2.79. The van der Waals surface area contributed by atoms with E-state index in [1.165, 1.54) is 4.68 Å². The topological polar surface area (TPSA) is 110 Å². The van der Waals surface area contributed by atoms with Gasteiger partial charge in [0.05, 0.1) is 31.1 Å². The zero-order valence-corrected chi connectivity index (χ0v) is 26.2. The molecule has 0 bridgehead atoms. The van der Waals surface area contributed by atoms with Crippen molar-refractivity contribution in [3.63, 3.8) is 0 Å². The highest BCUT2D eigenvalue weighted by Crippen LogP contribution is 2.41. The van der Waals surface area contributed by atoms with Crippen molar-refractivity contribution in [1.29, 1.82) is 0 Å². The molecule has 2 aromatic carbocycles. The quantitative estimate of drug-likeness (QED) is 0.214. The first-order valence-electron chi connectivity index (χ1n) is 15.2. The number of hydrogen-bond donors (Lipinski definition) is 0. The second-order valence-corrected chi connectivity index (χ2v) is 17.2. The van der Waals surface area contributed by atoms with Gasteiger partial charge in [-0.3, -0.25) is 14.4 Å². The summed E-state index contributed by atoms with van der Waals surface area (Å²) in [7, 11) is -0.847. The Labute approximate surface area is 254 Å². The molecule has 2 heterocycles. The molecule has 0 radical (unpaired) electrons. The SMILES string of the molecule is CS(C)(C)CCOC(=O)C1C(Cn2nnc3ccccc3c2=O)CCC1C(=O)c1ccc(OCCC2CCOCC2)cc1. The van der Waals surface area contributed by atoms with Crippen molar-refractivity contribution < 1.29 is 23.8 Å². The van der Waals surface area contributed by atoms with Crippen LogP contribution in [0.5, 0.6) is 5.75 Å². The van der Waals surface area contributed by atoms with Crippen molar-refractivity contribution in [3.05, 3.63) is 64.4 Å². The number of Topliss-reactive ketones (excluding diaryl/α,β-unsaturated/α-hetero) is 1. The monoisotopic (exact) mass is 609 g/mol. The Balaban J connectivity index is 1.29. The smallest absolute Gasteiger partial charge is 0.310 e. The summed E-state index contributed by atoms with van der Waals surface area (Å²) in [5.74, 6) is 0.202. The molecule has 9 nitrogen and oxygen atoms in total. The van der Waals surface area contributed by atoms with Crippen LogP contribution in [0.1, 0.15) is 42.5 Å². The lowest BCUT2D eigenvalue weighted by atomic mass is 9.84. The molecule has 0 amide bonds. The Morgan fingerprint density at radius 3 is 2.47 bits per heavy atom. The van der Waals surface area contributed by atoms with Gasteiger partial charge in [0.2, 0.25) is 0 Å². The summed E-state index contributed by atoms with van der Waals surface area (Å²) in [4.78, 5) is 40.5. The average Bonchev–Trinajstić information content (AvgIpc) is 3.42. The molecule has 1 saturated carbocycles. The van der Waals surface area contributed by atoms with E-state index in [-0.39, 0.29) is 29.8 Å². The summed E-state index contributed by atoms with van der Waals surface area (Å²) in [6, 6.07) is 14.3. The number of benzene rings is 2. The number of rotatable bonds is 12. The lowest BCUT2D eigenvalue weighted by molar-refractivity contribution is -0.150. The maximum absolute atomic E-state index is 13.8. The van der Waals surface area contributed by atoms with Gasteiger partial charge in [0.15, 0.2) is 5.78 Å². The number of ketones is 1. The molecule has 1 aliphatic carbocycles. The lowest BCUT2D eigenvalue weighted by Gasteiger charge is -2.27. The minimum atomic E-state index is -0.847. The van der Waals surface area contributed by atoms with Gasteiger partial charge < -0.3 is 14.2 Å². The zero-order valence-electron chi connectivity index (χ0n) is 25.4. The third kappa shape index (κ3) is 8.03. The van der Waals surface area contributed by atoms with Gasteiger partial charge in [0.25, 0.3) is 5.56 Å². The first-order chi connectivity index (χ1) is 20.7. The molecule has 3 unspecified atom stereocenters. The molecule has 3 aromatic rings. The molecule has 5 rings (SSSR count). The van der Waals surface area contributed by atoms with Gasteiger partial charge in [-0.2, -0.15) is 0 Å². The van der Waals surface area contributed by atoms with Gasteiger partial charge in [-0.1, -0.05) is 17.3 Å². The first-order valence-corrected chi connectivity index (χ1v) is 18.2. The Morgan fingerprint density at radius 2 is 1.72 bits per heavy atom. The molecule has 43 heavy (non-hydrogen) atoms. The lowest BCUT2D eigenvalue weighted by Crippen LogP contribution is -2.36. The van der Waals surface area contributed by atoms with E-state index in [0.717, 1.165) is 44.0 Å². The summed E-state index contributed by atoms with van der Waals surface area (Å²) in [5, 5.41) is 8.83. The molecule has 0 N–H and O–H groups in total. The van der Waals surface area contributed by atoms with Crippen LogP contribution >= 0.6 is 10.0 Å². The summed E-state index contributed by atoms with van der Waals surface area (Å²) < 4.78 is 18.5. The fraction of sp³-hybridized carbons (Fsp3) is 0.545. The highest BCUT2D eigenvalue weighted by Gasteiger charge is 2.46. The minimum Gasteiger partial charge on any atom is -0.494 e. The van der Waals surface area contributed by atoms with Crippen LogP contribution in [0.15, 0.2) is 53.3 Å². The number of carbonyl (C=O) groups excluding carboxylic acids is 2. The zero-order chi connectivity index (χ0) is 30.4. The number of fused-ring (bicyclic) bond motifs is 1. The van der Waals surface area contributed by atoms with Crippen LogP contribution in [-0.2, 0) is 20.8 Å². The van der Waals surface area contributed by atoms with Crippen LogP contribution in [0.2, 0.25) is 0 Å². The van der Waals surface area contributed by atoms with Crippen LogP contribution in [0.4, 0.5) is 0 Å². The number of esters is 1. The summed E-state index contributed by atoms with van der Waals surface area (Å²) in [5.41, 5.74) is 0.818. The third-order valence-corrected chi connectivity index (χ3v) is 10.0. The standard InChI is InChI=1S/C33H43N3O6S/c1-43(2,3)21-20-42-33(39)30-25(22-36-32(38)27-6-4-5-7-29(27)34-35-36)10-13-28(30)31(37)24-8-11-26(12-9-24)41-19-16-23-14-17-40-18-15-23/h4-9,11-12,23,25,28,30H,10,13-22H2,1-3H3. The fourth-order valence-electron chi connectivity index (χ4n) is 6.10. The molecule has 3 atom stereocenters. The van der Waals surface area contributed by atoms with Crippen molar-refractivity contribution in [1.82, 2.24) is 15.0 Å². The largest absolute Gasteiger partial charge is 0.494 e. The highest BCUT2D eigenvalue weighted by atomic mass is 32.3. The Morgan fingerprint density at radius 1 is 0.977 bits per heavy atom. The van der Waals surface area contributed by atoms with Crippen molar-refractivity contribution >= 4 is 32.7 Å². The van der Waals surface area contributed by atoms with Crippen molar-refractivity contribution in [2.24, 2.45) is 23.7 Å². The molecule has 1 aromatic heterocycles. The normalized spacial score (nSPS) is 21.5. The first kappa shape index (κ1) is 31.2. The van der Waals surface area contributed by atoms with E-state index in [1.54, 1.807) is 30.3 Å². The van der Waals surface area contributed by atoms with E-state index < -0.39 is 21.9 Å². The van der Waals surface area contributed by atoms with Crippen LogP contribution in [0.25, 0.3) is 10.9 Å². The Bertz CT molecular complexity index is 1460. The molecule has 1 aliphatic heterocycles. The molecule has 2 fully saturated rings. The maximum atomic E-state index is 13.8. The number of nitrogens with zero attached hydrogens (tertiary/aromatic N) is 3. The molecular weight excluding hydrogens is 566 g/mol. The number of ether oxygens (including phenoxy) is 3. The van der Waals surface area contributed by atoms with Crippen molar-refractivity contribution in [2.75, 3.05) is 50.9 Å². The molecular formula is C33H43N3O6S. The van der Waals surface area contributed by atoms with E-state index in [1.807, 2.05) is 18.2 Å². The number of hydrogen-bond acceptors (Lipinski definition) is 8. The molecule has 232 valence electrons. The van der Waals surface area contributed by atoms with Crippen molar-refractivity contribution in [2.45, 2.75) is 38.6 Å². The Kier molecular flexibility index (Phi) is 10.2. The van der Waals surface area contributed by atoms with E-state index in [2.05, 4.69) is 29.1 Å². The Hall–Kier alpha value is -3.24. The van der Waals surface area contributed by atoms with Gasteiger partial charge in [0.1, 0.15) is 11.3 Å². The summed E-state index contributed by atoms with van der Waals surface area (Å²) >= 11 is 0. The van der Waals surface area contributed by atoms with Crippen LogP contribution in [-0.4, -0.2) is 77.7 Å². The van der Waals surface area contributed by atoms with Gasteiger partial charge in [-0.25, -0.2) is 14.7 Å². The van der Waals surface area contributed by atoms with Crippen molar-refractivity contribution in [3.8, 4) is 5.75 Å². The van der Waals surface area contributed by atoms with Gasteiger partial charge in [0, 0.05) is 30.4 Å². The third-order valence-electron chi connectivity index (χ3n) is 8.65. The van der Waals surface area contributed by atoms with Gasteiger partial charge >= 0.3 is 5.97 Å². The van der Waals surface area contributed by atoms with E-state index in [4.69, 9.17) is 14.2 Å². The number of aromatic nitrogens is 3. The predicted octanol–water partition coefficient (Wildman–Crippen LogP) is 4.75. The molecule has 2 aliphatic rings. The minimum absolute atomic E-state index is 0.0865. The van der Waals surface area contributed by atoms with E-state index in [0.29, 0.717) is 48.4 Å². The maximum Gasteiger partial charge on any atom is 0.310 e. The number of carbonyl (C=O) groups is 2.